The summed E-state index contributed by atoms with van der Waals surface area (Å²) in [5.41, 5.74) is 0. The normalized spacial score (nSPS) is 16.9. The van der Waals surface area contributed by atoms with Crippen LogP contribution in [0.2, 0.25) is 0 Å². The largest absolute Gasteiger partial charge is 0.433 e. The molecule has 1 saturated heterocycles. The molecule has 6 nitrogen and oxygen atoms in total. The summed E-state index contributed by atoms with van der Waals surface area (Å²) >= 11 is 1.90. The van der Waals surface area contributed by atoms with Crippen molar-refractivity contribution in [2.24, 2.45) is 5.10 Å². The van der Waals surface area contributed by atoms with Crippen LogP contribution in [0.5, 0.6) is 0 Å². The van der Waals surface area contributed by atoms with E-state index in [1.165, 1.54) is 12.3 Å². The van der Waals surface area contributed by atoms with Gasteiger partial charge in [-0.1, -0.05) is 0 Å². The highest BCUT2D eigenvalue weighted by Crippen LogP contribution is 2.14. The van der Waals surface area contributed by atoms with Gasteiger partial charge in [0, 0.05) is 24.6 Å². The molecule has 1 aliphatic rings. The molecule has 86 valence electrons. The molecule has 0 N–H and O–H groups in total. The fourth-order valence-corrected chi connectivity index (χ4v) is 2.20. The van der Waals surface area contributed by atoms with Gasteiger partial charge in [-0.15, -0.1) is 0 Å². The van der Waals surface area contributed by atoms with E-state index in [-0.39, 0.29) is 5.88 Å². The van der Waals surface area contributed by atoms with Gasteiger partial charge in [-0.3, -0.25) is 15.1 Å². The van der Waals surface area contributed by atoms with Crippen LogP contribution in [0, 0.1) is 10.1 Å². The lowest BCUT2D eigenvalue weighted by molar-refractivity contribution is -0.402. The van der Waals surface area contributed by atoms with E-state index in [2.05, 4.69) is 5.10 Å². The number of nitrogens with zero attached hydrogens (tertiary/aromatic N) is 3. The fourth-order valence-electron chi connectivity index (χ4n) is 1.32. The molecule has 0 aliphatic carbocycles. The van der Waals surface area contributed by atoms with Crippen molar-refractivity contribution in [2.75, 3.05) is 24.6 Å². The third-order valence-corrected chi connectivity index (χ3v) is 3.07. The van der Waals surface area contributed by atoms with Gasteiger partial charge in [0.05, 0.1) is 12.3 Å². The van der Waals surface area contributed by atoms with E-state index < -0.39 is 4.92 Å². The van der Waals surface area contributed by atoms with Gasteiger partial charge >= 0.3 is 5.88 Å². The molecule has 1 aliphatic heterocycles. The molecule has 0 saturated carbocycles. The second kappa shape index (κ2) is 5.02. The van der Waals surface area contributed by atoms with Gasteiger partial charge in [0.15, 0.2) is 5.76 Å². The number of nitro groups is 1. The van der Waals surface area contributed by atoms with Crippen LogP contribution in [0.3, 0.4) is 0 Å². The third-order valence-electron chi connectivity index (χ3n) is 2.13. The highest BCUT2D eigenvalue weighted by molar-refractivity contribution is 7.99. The summed E-state index contributed by atoms with van der Waals surface area (Å²) < 4.78 is 4.96. The smallest absolute Gasteiger partial charge is 0.400 e. The first-order chi connectivity index (χ1) is 7.75. The molecule has 2 heterocycles. The van der Waals surface area contributed by atoms with E-state index in [9.17, 15) is 10.1 Å². The predicted octanol–water partition coefficient (Wildman–Crippen LogP) is 1.57. The lowest BCUT2D eigenvalue weighted by atomic mass is 10.5. The Morgan fingerprint density at radius 1 is 1.50 bits per heavy atom. The monoisotopic (exact) mass is 241 g/mol. The highest BCUT2D eigenvalue weighted by atomic mass is 32.2. The van der Waals surface area contributed by atoms with Gasteiger partial charge in [-0.05, 0) is 6.07 Å². The molecule has 0 bridgehead atoms. The van der Waals surface area contributed by atoms with Crippen molar-refractivity contribution in [1.29, 1.82) is 0 Å². The molecule has 0 amide bonds. The van der Waals surface area contributed by atoms with Crippen molar-refractivity contribution in [1.82, 2.24) is 5.01 Å². The Hall–Kier alpha value is -1.50. The van der Waals surface area contributed by atoms with E-state index in [4.69, 9.17) is 4.42 Å². The van der Waals surface area contributed by atoms with Crippen LogP contribution >= 0.6 is 11.8 Å². The zero-order valence-electron chi connectivity index (χ0n) is 8.54. The van der Waals surface area contributed by atoms with Gasteiger partial charge < -0.3 is 4.42 Å². The molecule has 0 unspecified atom stereocenters. The molecule has 2 rings (SSSR count). The lowest BCUT2D eigenvalue weighted by Gasteiger charge is -2.22. The molecule has 0 spiro atoms. The van der Waals surface area contributed by atoms with Gasteiger partial charge in [0.1, 0.15) is 4.92 Å². The minimum Gasteiger partial charge on any atom is -0.400 e. The van der Waals surface area contributed by atoms with Crippen LogP contribution < -0.4 is 0 Å². The Kier molecular flexibility index (Phi) is 3.45. The van der Waals surface area contributed by atoms with Crippen LogP contribution in [0.15, 0.2) is 21.7 Å². The van der Waals surface area contributed by atoms with Gasteiger partial charge in [0.2, 0.25) is 0 Å². The maximum absolute atomic E-state index is 10.4. The average molecular weight is 241 g/mol. The molecule has 1 aromatic heterocycles. The number of rotatable bonds is 3. The Bertz CT molecular complexity index is 398. The Morgan fingerprint density at radius 2 is 2.25 bits per heavy atom. The van der Waals surface area contributed by atoms with Crippen LogP contribution in [0.1, 0.15) is 5.76 Å². The molecule has 0 radical (unpaired) electrons. The first-order valence-electron chi connectivity index (χ1n) is 4.86. The molecular weight excluding hydrogens is 230 g/mol. The topological polar surface area (TPSA) is 71.9 Å². The summed E-state index contributed by atoms with van der Waals surface area (Å²) in [5.74, 6) is 2.28. The molecule has 0 atom stereocenters. The van der Waals surface area contributed by atoms with Crippen LogP contribution in [-0.2, 0) is 0 Å². The number of thioether (sulfide) groups is 1. The van der Waals surface area contributed by atoms with Crippen molar-refractivity contribution in [3.05, 3.63) is 28.0 Å². The predicted molar refractivity (Wildman–Crippen MR) is 61.9 cm³/mol. The summed E-state index contributed by atoms with van der Waals surface area (Å²) in [7, 11) is 0. The quantitative estimate of drug-likeness (QED) is 0.456. The summed E-state index contributed by atoms with van der Waals surface area (Å²) in [6, 6.07) is 2.87. The van der Waals surface area contributed by atoms with Gasteiger partial charge in [0.25, 0.3) is 0 Å². The molecule has 1 fully saturated rings. The third kappa shape index (κ3) is 2.75. The second-order valence-electron chi connectivity index (χ2n) is 3.24. The number of hydrogen-bond donors (Lipinski definition) is 0. The summed E-state index contributed by atoms with van der Waals surface area (Å²) in [4.78, 5) is 9.81. The van der Waals surface area contributed by atoms with Crippen LogP contribution in [-0.4, -0.2) is 40.7 Å². The maximum Gasteiger partial charge on any atom is 0.433 e. The van der Waals surface area contributed by atoms with Gasteiger partial charge in [-0.2, -0.15) is 16.9 Å². The molecular formula is C9H11N3O3S. The van der Waals surface area contributed by atoms with Crippen molar-refractivity contribution >= 4 is 23.9 Å². The second-order valence-corrected chi connectivity index (χ2v) is 4.47. The number of hydrogen-bond acceptors (Lipinski definition) is 6. The Balaban J connectivity index is 1.96. The van der Waals surface area contributed by atoms with E-state index in [0.29, 0.717) is 5.76 Å². The Labute approximate surface area is 96.4 Å². The first-order valence-corrected chi connectivity index (χ1v) is 6.02. The van der Waals surface area contributed by atoms with Crippen LogP contribution in [0.25, 0.3) is 0 Å². The van der Waals surface area contributed by atoms with Crippen molar-refractivity contribution in [3.8, 4) is 0 Å². The minimum atomic E-state index is -0.561. The summed E-state index contributed by atoms with van der Waals surface area (Å²) in [5, 5.41) is 16.5. The summed E-state index contributed by atoms with van der Waals surface area (Å²) in [6.07, 6.45) is 1.52. The minimum absolute atomic E-state index is 0.254. The number of furan rings is 1. The summed E-state index contributed by atoms with van der Waals surface area (Å²) in [6.45, 7) is 1.81. The van der Waals surface area contributed by atoms with E-state index in [1.807, 2.05) is 16.8 Å². The SMILES string of the molecule is O=[N+]([O-])c1ccc(/C=N\N2CCSCC2)o1. The molecule has 7 heteroatoms. The van der Waals surface area contributed by atoms with Crippen LogP contribution in [0.4, 0.5) is 5.88 Å². The van der Waals surface area contributed by atoms with Crippen molar-refractivity contribution in [3.63, 3.8) is 0 Å². The highest BCUT2D eigenvalue weighted by Gasteiger charge is 2.11. The average Bonchev–Trinajstić information content (AvgIpc) is 2.76. The number of hydrazone groups is 1. The zero-order valence-corrected chi connectivity index (χ0v) is 9.35. The maximum atomic E-state index is 10.4. The van der Waals surface area contributed by atoms with Gasteiger partial charge in [-0.25, -0.2) is 0 Å². The zero-order chi connectivity index (χ0) is 11.4. The first kappa shape index (κ1) is 11.0. The fraction of sp³-hybridized carbons (Fsp3) is 0.444. The van der Waals surface area contributed by atoms with E-state index in [1.54, 1.807) is 6.07 Å². The molecule has 1 aromatic rings. The lowest BCUT2D eigenvalue weighted by Crippen LogP contribution is -2.27. The van der Waals surface area contributed by atoms with E-state index in [0.717, 1.165) is 24.6 Å². The molecule has 16 heavy (non-hydrogen) atoms. The standard InChI is InChI=1S/C9H11N3O3S/c13-12(14)9-2-1-8(15-9)7-10-11-3-5-16-6-4-11/h1-2,7H,3-6H2/b10-7-. The van der Waals surface area contributed by atoms with E-state index >= 15 is 0 Å². The Morgan fingerprint density at radius 3 is 2.88 bits per heavy atom. The van der Waals surface area contributed by atoms with Crippen molar-refractivity contribution in [2.45, 2.75) is 0 Å². The van der Waals surface area contributed by atoms with Crippen molar-refractivity contribution < 1.29 is 9.34 Å². The molecule has 0 aromatic carbocycles.